The Kier molecular flexibility index (Phi) is 6.97. The number of carbonyl (C=O) groups excluding carboxylic acids is 1. The summed E-state index contributed by atoms with van der Waals surface area (Å²) in [4.78, 5) is 12.2. The van der Waals surface area contributed by atoms with Gasteiger partial charge in [-0.15, -0.1) is 0 Å². The third kappa shape index (κ3) is 5.83. The topological polar surface area (TPSA) is 75.3 Å². The third-order valence-corrected chi connectivity index (χ3v) is 6.58. The molecule has 0 spiro atoms. The molecule has 5 nitrogen and oxygen atoms in total. The van der Waals surface area contributed by atoms with Gasteiger partial charge in [0.2, 0.25) is 10.0 Å². The van der Waals surface area contributed by atoms with Crippen molar-refractivity contribution >= 4 is 15.9 Å². The molecule has 1 fully saturated rings. The molecular formula is C21H24F2N2O3S. The van der Waals surface area contributed by atoms with Crippen LogP contribution in [0.2, 0.25) is 0 Å². The maximum absolute atomic E-state index is 13.2. The molecule has 0 aromatic heterocycles. The van der Waals surface area contributed by atoms with Crippen molar-refractivity contribution in [1.29, 1.82) is 0 Å². The first-order chi connectivity index (χ1) is 13.8. The standard InChI is InChI=1S/C21H24F2N2O3S/c22-19-11-8-16(14-20(19)23)21(26)24-13-12-15-6-9-18(10-7-15)29(27,28)25-17-4-2-1-3-5-17/h6-11,14,17,25H,1-5,12-13H2,(H,24,26). The molecule has 1 amide bonds. The SMILES string of the molecule is O=C(NCCc1ccc(S(=O)(=O)NC2CCCCC2)cc1)c1ccc(F)c(F)c1. The molecule has 2 aromatic rings. The molecule has 29 heavy (non-hydrogen) atoms. The fourth-order valence-corrected chi connectivity index (χ4v) is 4.71. The first kappa shape index (κ1) is 21.4. The Hall–Kier alpha value is -2.32. The van der Waals surface area contributed by atoms with Gasteiger partial charge >= 0.3 is 0 Å². The summed E-state index contributed by atoms with van der Waals surface area (Å²) in [6.45, 7) is 0.282. The second kappa shape index (κ2) is 9.45. The molecule has 0 atom stereocenters. The molecule has 2 aromatic carbocycles. The zero-order valence-electron chi connectivity index (χ0n) is 16.0. The highest BCUT2D eigenvalue weighted by Gasteiger charge is 2.21. The lowest BCUT2D eigenvalue weighted by Crippen LogP contribution is -2.36. The summed E-state index contributed by atoms with van der Waals surface area (Å²) in [5.41, 5.74) is 0.895. The number of rotatable bonds is 7. The van der Waals surface area contributed by atoms with E-state index in [9.17, 15) is 22.0 Å². The molecule has 1 aliphatic rings. The van der Waals surface area contributed by atoms with E-state index in [1.165, 1.54) is 6.07 Å². The number of amides is 1. The Labute approximate surface area is 169 Å². The van der Waals surface area contributed by atoms with Crippen molar-refractivity contribution in [3.63, 3.8) is 0 Å². The number of halogens is 2. The second-order valence-electron chi connectivity index (χ2n) is 7.23. The monoisotopic (exact) mass is 422 g/mol. The van der Waals surface area contributed by atoms with Crippen LogP contribution in [0.4, 0.5) is 8.78 Å². The molecule has 2 N–H and O–H groups in total. The van der Waals surface area contributed by atoms with Gasteiger partial charge in [0.15, 0.2) is 11.6 Å². The highest BCUT2D eigenvalue weighted by molar-refractivity contribution is 7.89. The number of sulfonamides is 1. The Morgan fingerprint density at radius 2 is 1.66 bits per heavy atom. The fourth-order valence-electron chi connectivity index (χ4n) is 3.40. The predicted molar refractivity (Wildman–Crippen MR) is 106 cm³/mol. The van der Waals surface area contributed by atoms with Crippen LogP contribution >= 0.6 is 0 Å². The van der Waals surface area contributed by atoms with Crippen LogP contribution in [0.1, 0.15) is 48.0 Å². The molecule has 0 aliphatic heterocycles. The molecule has 0 saturated heterocycles. The van der Waals surface area contributed by atoms with E-state index in [2.05, 4.69) is 10.0 Å². The molecule has 0 bridgehead atoms. The van der Waals surface area contributed by atoms with Crippen LogP contribution in [-0.2, 0) is 16.4 Å². The summed E-state index contributed by atoms with van der Waals surface area (Å²) < 4.78 is 53.9. The minimum atomic E-state index is -3.54. The van der Waals surface area contributed by atoms with Crippen LogP contribution in [0.3, 0.4) is 0 Å². The summed E-state index contributed by atoms with van der Waals surface area (Å²) in [6.07, 6.45) is 5.46. The molecule has 0 heterocycles. The van der Waals surface area contributed by atoms with E-state index in [0.29, 0.717) is 6.42 Å². The van der Waals surface area contributed by atoms with Crippen LogP contribution < -0.4 is 10.0 Å². The number of hydrogen-bond acceptors (Lipinski definition) is 3. The summed E-state index contributed by atoms with van der Waals surface area (Å²) in [6, 6.07) is 9.49. The molecule has 156 valence electrons. The van der Waals surface area contributed by atoms with Crippen molar-refractivity contribution in [2.24, 2.45) is 0 Å². The van der Waals surface area contributed by atoms with Crippen molar-refractivity contribution in [2.45, 2.75) is 49.5 Å². The van der Waals surface area contributed by atoms with Gasteiger partial charge in [-0.3, -0.25) is 4.79 Å². The van der Waals surface area contributed by atoms with Crippen LogP contribution in [-0.4, -0.2) is 26.9 Å². The van der Waals surface area contributed by atoms with Crippen LogP contribution in [0.5, 0.6) is 0 Å². The lowest BCUT2D eigenvalue weighted by molar-refractivity contribution is 0.0953. The zero-order chi connectivity index (χ0) is 20.9. The largest absolute Gasteiger partial charge is 0.352 e. The van der Waals surface area contributed by atoms with Crippen molar-refractivity contribution in [2.75, 3.05) is 6.54 Å². The Morgan fingerprint density at radius 3 is 2.31 bits per heavy atom. The Bertz CT molecular complexity index is 956. The number of nitrogens with one attached hydrogen (secondary N) is 2. The average molecular weight is 422 g/mol. The van der Waals surface area contributed by atoms with Gasteiger partial charge < -0.3 is 5.32 Å². The minimum absolute atomic E-state index is 0.0000581. The van der Waals surface area contributed by atoms with E-state index in [4.69, 9.17) is 0 Å². The number of benzene rings is 2. The van der Waals surface area contributed by atoms with Crippen molar-refractivity contribution in [3.8, 4) is 0 Å². The molecule has 1 aliphatic carbocycles. The van der Waals surface area contributed by atoms with E-state index >= 15 is 0 Å². The molecule has 0 radical (unpaired) electrons. The summed E-state index contributed by atoms with van der Waals surface area (Å²) in [7, 11) is -3.54. The number of carbonyl (C=O) groups is 1. The molecule has 0 unspecified atom stereocenters. The van der Waals surface area contributed by atoms with Gasteiger partial charge in [-0.05, 0) is 55.2 Å². The summed E-state index contributed by atoms with van der Waals surface area (Å²) >= 11 is 0. The van der Waals surface area contributed by atoms with Gasteiger partial charge in [-0.25, -0.2) is 21.9 Å². The summed E-state index contributed by atoms with van der Waals surface area (Å²) in [5.74, 6) is -2.58. The highest BCUT2D eigenvalue weighted by atomic mass is 32.2. The number of hydrogen-bond donors (Lipinski definition) is 2. The smallest absolute Gasteiger partial charge is 0.251 e. The second-order valence-corrected chi connectivity index (χ2v) is 8.95. The van der Waals surface area contributed by atoms with Crippen LogP contribution in [0, 0.1) is 11.6 Å². The van der Waals surface area contributed by atoms with Gasteiger partial charge in [0, 0.05) is 18.2 Å². The third-order valence-electron chi connectivity index (χ3n) is 5.04. The van der Waals surface area contributed by atoms with Crippen LogP contribution in [0.15, 0.2) is 47.4 Å². The first-order valence-electron chi connectivity index (χ1n) is 9.70. The fraction of sp³-hybridized carbons (Fsp3) is 0.381. The quantitative estimate of drug-likeness (QED) is 0.717. The summed E-state index contributed by atoms with van der Waals surface area (Å²) in [5, 5.41) is 2.63. The van der Waals surface area contributed by atoms with E-state index in [1.54, 1.807) is 24.3 Å². The van der Waals surface area contributed by atoms with Gasteiger partial charge in [-0.2, -0.15) is 0 Å². The average Bonchev–Trinajstić information content (AvgIpc) is 2.71. The van der Waals surface area contributed by atoms with Crippen molar-refractivity contribution in [1.82, 2.24) is 10.0 Å². The molecule has 1 saturated carbocycles. The van der Waals surface area contributed by atoms with Gasteiger partial charge in [0.05, 0.1) is 4.90 Å². The lowest BCUT2D eigenvalue weighted by atomic mass is 9.96. The van der Waals surface area contributed by atoms with Gasteiger partial charge in [0.1, 0.15) is 0 Å². The van der Waals surface area contributed by atoms with Crippen molar-refractivity contribution in [3.05, 3.63) is 65.2 Å². The van der Waals surface area contributed by atoms with E-state index < -0.39 is 27.6 Å². The van der Waals surface area contributed by atoms with Gasteiger partial charge in [-0.1, -0.05) is 31.4 Å². The van der Waals surface area contributed by atoms with E-state index in [0.717, 1.165) is 49.8 Å². The molecular weight excluding hydrogens is 398 g/mol. The predicted octanol–water partition coefficient (Wildman–Crippen LogP) is 3.55. The minimum Gasteiger partial charge on any atom is -0.352 e. The Morgan fingerprint density at radius 1 is 0.966 bits per heavy atom. The highest BCUT2D eigenvalue weighted by Crippen LogP contribution is 2.20. The van der Waals surface area contributed by atoms with Gasteiger partial charge in [0.25, 0.3) is 5.91 Å². The van der Waals surface area contributed by atoms with E-state index in [1.807, 2.05) is 0 Å². The van der Waals surface area contributed by atoms with E-state index in [-0.39, 0.29) is 23.0 Å². The van der Waals surface area contributed by atoms with Crippen molar-refractivity contribution < 1.29 is 22.0 Å². The first-order valence-corrected chi connectivity index (χ1v) is 11.2. The normalized spacial score (nSPS) is 15.2. The Balaban J connectivity index is 1.52. The lowest BCUT2D eigenvalue weighted by Gasteiger charge is -2.22. The maximum Gasteiger partial charge on any atom is 0.251 e. The molecule has 3 rings (SSSR count). The van der Waals surface area contributed by atoms with Crippen LogP contribution in [0.25, 0.3) is 0 Å². The molecule has 8 heteroatoms. The zero-order valence-corrected chi connectivity index (χ0v) is 16.8. The maximum atomic E-state index is 13.2.